The summed E-state index contributed by atoms with van der Waals surface area (Å²) in [4.78, 5) is 14.0. The smallest absolute Gasteiger partial charge is 0.410 e. The van der Waals surface area contributed by atoms with Crippen molar-refractivity contribution < 1.29 is 32.9 Å². The van der Waals surface area contributed by atoms with Crippen LogP contribution in [0.1, 0.15) is 33.3 Å². The summed E-state index contributed by atoms with van der Waals surface area (Å²) in [5.74, 6) is -1.45. The predicted molar refractivity (Wildman–Crippen MR) is 102 cm³/mol. The number of morpholine rings is 1. The van der Waals surface area contributed by atoms with Crippen molar-refractivity contribution in [1.82, 2.24) is 4.90 Å². The summed E-state index contributed by atoms with van der Waals surface area (Å²) in [6, 6.07) is 1.39. The van der Waals surface area contributed by atoms with Crippen molar-refractivity contribution in [2.75, 3.05) is 19.8 Å². The van der Waals surface area contributed by atoms with Gasteiger partial charge in [-0.25, -0.2) is 13.6 Å². The second-order valence-corrected chi connectivity index (χ2v) is 8.05. The standard InChI is InChI=1S/C20H30F2N2O5/c1-5-27-17-10-24(19(26)29-20(2,3)4)16(11-28-17)18(25)15(23)8-12-6-13(21)9-14(22)7-12/h6-7,9,15-18,25H,5,8,10-11,23H2,1-4H3. The van der Waals surface area contributed by atoms with Gasteiger partial charge in [0, 0.05) is 18.7 Å². The Balaban J connectivity index is 2.15. The Kier molecular flexibility index (Phi) is 7.93. The fourth-order valence-electron chi connectivity index (χ4n) is 3.15. The Labute approximate surface area is 169 Å². The molecule has 0 aliphatic carbocycles. The van der Waals surface area contributed by atoms with E-state index in [0.29, 0.717) is 12.2 Å². The van der Waals surface area contributed by atoms with Crippen LogP contribution in [0.2, 0.25) is 0 Å². The van der Waals surface area contributed by atoms with Gasteiger partial charge in [0.2, 0.25) is 0 Å². The van der Waals surface area contributed by atoms with E-state index in [2.05, 4.69) is 0 Å². The number of aliphatic hydroxyl groups is 1. The van der Waals surface area contributed by atoms with Gasteiger partial charge >= 0.3 is 6.09 Å². The molecule has 7 nitrogen and oxygen atoms in total. The van der Waals surface area contributed by atoms with Crippen LogP contribution in [0.3, 0.4) is 0 Å². The Morgan fingerprint density at radius 1 is 1.34 bits per heavy atom. The highest BCUT2D eigenvalue weighted by Gasteiger charge is 2.40. The minimum atomic E-state index is -1.21. The molecule has 1 amide bonds. The highest BCUT2D eigenvalue weighted by atomic mass is 19.1. The number of rotatable bonds is 6. The van der Waals surface area contributed by atoms with Crippen LogP contribution in [0.4, 0.5) is 13.6 Å². The van der Waals surface area contributed by atoms with Crippen LogP contribution in [0.15, 0.2) is 18.2 Å². The van der Waals surface area contributed by atoms with Gasteiger partial charge in [0.05, 0.1) is 25.3 Å². The zero-order valence-electron chi connectivity index (χ0n) is 17.2. The lowest BCUT2D eigenvalue weighted by atomic mass is 9.96. The van der Waals surface area contributed by atoms with Gasteiger partial charge in [0.15, 0.2) is 6.29 Å². The van der Waals surface area contributed by atoms with Gasteiger partial charge in [0.1, 0.15) is 17.2 Å². The molecule has 1 saturated heterocycles. The minimum absolute atomic E-state index is 0.0173. The molecule has 4 unspecified atom stereocenters. The van der Waals surface area contributed by atoms with Crippen LogP contribution in [0.25, 0.3) is 0 Å². The van der Waals surface area contributed by atoms with Crippen molar-refractivity contribution in [3.63, 3.8) is 0 Å². The number of ether oxygens (including phenoxy) is 3. The first-order valence-electron chi connectivity index (χ1n) is 9.61. The van der Waals surface area contributed by atoms with E-state index in [-0.39, 0.29) is 19.6 Å². The van der Waals surface area contributed by atoms with E-state index in [0.717, 1.165) is 18.2 Å². The highest BCUT2D eigenvalue weighted by Crippen LogP contribution is 2.22. The third kappa shape index (κ3) is 6.88. The molecule has 0 bridgehead atoms. The number of nitrogens with zero attached hydrogens (tertiary/aromatic N) is 1. The van der Waals surface area contributed by atoms with Crippen molar-refractivity contribution in [3.05, 3.63) is 35.4 Å². The van der Waals surface area contributed by atoms with E-state index in [1.54, 1.807) is 27.7 Å². The molecular weight excluding hydrogens is 386 g/mol. The maximum absolute atomic E-state index is 13.4. The van der Waals surface area contributed by atoms with Crippen LogP contribution in [-0.2, 0) is 20.6 Å². The molecule has 0 spiro atoms. The van der Waals surface area contributed by atoms with Crippen LogP contribution < -0.4 is 5.73 Å². The van der Waals surface area contributed by atoms with E-state index in [4.69, 9.17) is 19.9 Å². The largest absolute Gasteiger partial charge is 0.444 e. The fourth-order valence-corrected chi connectivity index (χ4v) is 3.15. The van der Waals surface area contributed by atoms with E-state index in [9.17, 15) is 18.7 Å². The van der Waals surface area contributed by atoms with Crippen molar-refractivity contribution in [1.29, 1.82) is 0 Å². The number of hydrogen-bond acceptors (Lipinski definition) is 6. The molecule has 2 rings (SSSR count). The van der Waals surface area contributed by atoms with Crippen LogP contribution >= 0.6 is 0 Å². The molecule has 1 fully saturated rings. The molecule has 0 radical (unpaired) electrons. The molecule has 1 aromatic carbocycles. The summed E-state index contributed by atoms with van der Waals surface area (Å²) in [6.45, 7) is 7.45. The maximum atomic E-state index is 13.4. The van der Waals surface area contributed by atoms with Crippen LogP contribution in [0.5, 0.6) is 0 Å². The van der Waals surface area contributed by atoms with Gasteiger partial charge in [-0.3, -0.25) is 4.90 Å². The van der Waals surface area contributed by atoms with Gasteiger partial charge in [0.25, 0.3) is 0 Å². The molecule has 1 aliphatic rings. The summed E-state index contributed by atoms with van der Waals surface area (Å²) >= 11 is 0. The first kappa shape index (κ1) is 23.5. The van der Waals surface area contributed by atoms with Gasteiger partial charge in [-0.15, -0.1) is 0 Å². The molecule has 1 aromatic rings. The predicted octanol–water partition coefficient (Wildman–Crippen LogP) is 2.19. The second-order valence-electron chi connectivity index (χ2n) is 8.05. The Bertz CT molecular complexity index is 678. The summed E-state index contributed by atoms with van der Waals surface area (Å²) in [5, 5.41) is 10.8. The van der Waals surface area contributed by atoms with Crippen molar-refractivity contribution >= 4 is 6.09 Å². The van der Waals surface area contributed by atoms with Gasteiger partial charge in [-0.05, 0) is 51.8 Å². The zero-order chi connectivity index (χ0) is 21.8. The van der Waals surface area contributed by atoms with E-state index < -0.39 is 47.8 Å². The molecule has 3 N–H and O–H groups in total. The van der Waals surface area contributed by atoms with Crippen molar-refractivity contribution in [2.45, 2.75) is 64.2 Å². The summed E-state index contributed by atoms with van der Waals surface area (Å²) < 4.78 is 43.3. The third-order valence-electron chi connectivity index (χ3n) is 4.41. The number of nitrogens with two attached hydrogens (primary N) is 1. The highest BCUT2D eigenvalue weighted by molar-refractivity contribution is 5.69. The molecule has 0 saturated carbocycles. The lowest BCUT2D eigenvalue weighted by molar-refractivity contribution is -0.200. The average Bonchev–Trinajstić information content (AvgIpc) is 2.59. The van der Waals surface area contributed by atoms with Crippen LogP contribution in [0, 0.1) is 11.6 Å². The molecule has 1 heterocycles. The van der Waals surface area contributed by atoms with Crippen molar-refractivity contribution in [3.8, 4) is 0 Å². The Morgan fingerprint density at radius 2 is 1.97 bits per heavy atom. The van der Waals surface area contributed by atoms with Gasteiger partial charge < -0.3 is 25.1 Å². The van der Waals surface area contributed by atoms with E-state index in [1.807, 2.05) is 0 Å². The molecule has 1 aliphatic heterocycles. The number of carbonyl (C=O) groups excluding carboxylic acids is 1. The first-order chi connectivity index (χ1) is 13.5. The summed E-state index contributed by atoms with van der Waals surface area (Å²) in [7, 11) is 0. The van der Waals surface area contributed by atoms with E-state index in [1.165, 1.54) is 4.90 Å². The maximum Gasteiger partial charge on any atom is 0.410 e. The number of carbonyl (C=O) groups is 1. The molecule has 29 heavy (non-hydrogen) atoms. The summed E-state index contributed by atoms with van der Waals surface area (Å²) in [6.07, 6.45) is -2.47. The number of halogens is 2. The van der Waals surface area contributed by atoms with Gasteiger partial charge in [-0.1, -0.05) is 0 Å². The SMILES string of the molecule is CCOC1CN(C(=O)OC(C)(C)C)C(C(O)C(N)Cc2cc(F)cc(F)c2)CO1. The van der Waals surface area contributed by atoms with Crippen molar-refractivity contribution in [2.24, 2.45) is 5.73 Å². The van der Waals surface area contributed by atoms with E-state index >= 15 is 0 Å². The monoisotopic (exact) mass is 416 g/mol. The normalized spacial score (nSPS) is 22.3. The lowest BCUT2D eigenvalue weighted by Crippen LogP contribution is -2.61. The average molecular weight is 416 g/mol. The molecule has 0 aromatic heterocycles. The number of amides is 1. The topological polar surface area (TPSA) is 94.2 Å². The van der Waals surface area contributed by atoms with Crippen LogP contribution in [-0.4, -0.2) is 65.9 Å². The zero-order valence-corrected chi connectivity index (χ0v) is 17.2. The number of aliphatic hydroxyl groups excluding tert-OH is 1. The number of benzene rings is 1. The summed E-state index contributed by atoms with van der Waals surface area (Å²) in [5.41, 5.74) is 5.68. The fraction of sp³-hybridized carbons (Fsp3) is 0.650. The van der Waals surface area contributed by atoms with Gasteiger partial charge in [-0.2, -0.15) is 0 Å². The molecule has 164 valence electrons. The lowest BCUT2D eigenvalue weighted by Gasteiger charge is -2.42. The Hall–Kier alpha value is -1.81. The third-order valence-corrected chi connectivity index (χ3v) is 4.41. The number of hydrogen-bond donors (Lipinski definition) is 2. The molecule has 4 atom stereocenters. The minimum Gasteiger partial charge on any atom is -0.444 e. The molecular formula is C20H30F2N2O5. The molecule has 9 heteroatoms. The first-order valence-corrected chi connectivity index (χ1v) is 9.61. The quantitative estimate of drug-likeness (QED) is 0.738. The Morgan fingerprint density at radius 3 is 2.52 bits per heavy atom. The second kappa shape index (κ2) is 9.80.